The number of benzene rings is 1. The van der Waals surface area contributed by atoms with Gasteiger partial charge in [0.05, 0.1) is 0 Å². The Hall–Kier alpha value is -1.87. The summed E-state index contributed by atoms with van der Waals surface area (Å²) in [6.45, 7) is 0.407. The van der Waals surface area contributed by atoms with E-state index in [1.807, 2.05) is 0 Å². The van der Waals surface area contributed by atoms with Gasteiger partial charge in [0.2, 0.25) is 0 Å². The van der Waals surface area contributed by atoms with Gasteiger partial charge in [-0.3, -0.25) is 0 Å². The first-order valence-electron chi connectivity index (χ1n) is 3.89. The fourth-order valence-corrected chi connectivity index (χ4v) is 1.06. The molecule has 0 bridgehead atoms. The third kappa shape index (κ3) is 2.57. The topological polar surface area (TPSA) is 101 Å². The summed E-state index contributed by atoms with van der Waals surface area (Å²) in [5.41, 5.74) is 21.6. The molecule has 5 nitrogen and oxygen atoms in total. The second-order valence-corrected chi connectivity index (χ2v) is 2.66. The summed E-state index contributed by atoms with van der Waals surface area (Å²) in [4.78, 5) is 2.66. The number of nitrogen functional groups attached to an aromatic ring is 2. The van der Waals surface area contributed by atoms with E-state index >= 15 is 0 Å². The molecule has 0 atom stereocenters. The largest absolute Gasteiger partial charge is 0.399 e. The molecule has 1 rings (SSSR count). The summed E-state index contributed by atoms with van der Waals surface area (Å²) in [5, 5.41) is 3.42. The maximum absolute atomic E-state index is 8.07. The highest BCUT2D eigenvalue weighted by Crippen LogP contribution is 2.15. The number of azide groups is 1. The zero-order valence-corrected chi connectivity index (χ0v) is 7.14. The van der Waals surface area contributed by atoms with Crippen molar-refractivity contribution in [3.63, 3.8) is 0 Å². The second-order valence-electron chi connectivity index (χ2n) is 2.66. The molecule has 0 aliphatic rings. The lowest BCUT2D eigenvalue weighted by Gasteiger charge is -2.03. The lowest BCUT2D eigenvalue weighted by molar-refractivity contribution is 0.959. The van der Waals surface area contributed by atoms with Gasteiger partial charge in [0.1, 0.15) is 0 Å². The maximum atomic E-state index is 8.07. The van der Waals surface area contributed by atoms with Crippen LogP contribution in [0.15, 0.2) is 23.3 Å². The van der Waals surface area contributed by atoms with E-state index in [2.05, 4.69) is 10.0 Å². The summed E-state index contributed by atoms with van der Waals surface area (Å²) >= 11 is 0. The van der Waals surface area contributed by atoms with Gasteiger partial charge in [-0.15, -0.1) is 0 Å². The molecule has 0 radical (unpaired) electrons. The molecule has 0 saturated carbocycles. The van der Waals surface area contributed by atoms with Crippen LogP contribution < -0.4 is 11.5 Å². The number of hydrogen-bond donors (Lipinski definition) is 2. The van der Waals surface area contributed by atoms with Crippen molar-refractivity contribution < 1.29 is 0 Å². The molecule has 4 N–H and O–H groups in total. The monoisotopic (exact) mass is 177 g/mol. The van der Waals surface area contributed by atoms with E-state index in [9.17, 15) is 0 Å². The first-order valence-corrected chi connectivity index (χ1v) is 3.89. The first kappa shape index (κ1) is 9.22. The van der Waals surface area contributed by atoms with Crippen molar-refractivity contribution in [1.82, 2.24) is 0 Å². The van der Waals surface area contributed by atoms with Gasteiger partial charge in [-0.1, -0.05) is 5.11 Å². The zero-order chi connectivity index (χ0) is 9.68. The van der Waals surface area contributed by atoms with E-state index in [1.54, 1.807) is 18.2 Å². The van der Waals surface area contributed by atoms with Crippen molar-refractivity contribution in [3.05, 3.63) is 34.2 Å². The van der Waals surface area contributed by atoms with Gasteiger partial charge < -0.3 is 11.5 Å². The highest BCUT2D eigenvalue weighted by Gasteiger charge is 1.98. The third-order valence-electron chi connectivity index (χ3n) is 1.71. The molecule has 1 aromatic rings. The Labute approximate surface area is 76.0 Å². The Kier molecular flexibility index (Phi) is 3.00. The minimum Gasteiger partial charge on any atom is -0.399 e. The van der Waals surface area contributed by atoms with Crippen molar-refractivity contribution in [1.29, 1.82) is 0 Å². The molecule has 0 aliphatic heterocycles. The van der Waals surface area contributed by atoms with Crippen molar-refractivity contribution in [2.24, 2.45) is 5.11 Å². The number of nitrogens with zero attached hydrogens (tertiary/aromatic N) is 3. The van der Waals surface area contributed by atoms with Crippen molar-refractivity contribution in [2.75, 3.05) is 18.0 Å². The predicted octanol–water partition coefficient (Wildman–Crippen LogP) is 1.70. The summed E-state index contributed by atoms with van der Waals surface area (Å²) < 4.78 is 0. The maximum Gasteiger partial charge on any atom is 0.0348 e. The number of nitrogens with two attached hydrogens (primary N) is 2. The lowest BCUT2D eigenvalue weighted by Crippen LogP contribution is -1.98. The van der Waals surface area contributed by atoms with Gasteiger partial charge in [0.25, 0.3) is 0 Å². The van der Waals surface area contributed by atoms with Gasteiger partial charge in [-0.25, -0.2) is 0 Å². The number of hydrogen-bond acceptors (Lipinski definition) is 3. The molecular formula is C8H11N5. The molecule has 0 aromatic heterocycles. The normalized spacial score (nSPS) is 9.23. The Bertz CT molecular complexity index is 340. The van der Waals surface area contributed by atoms with Crippen LogP contribution in [0.2, 0.25) is 0 Å². The molecule has 0 aliphatic carbocycles. The van der Waals surface area contributed by atoms with Crippen molar-refractivity contribution in [3.8, 4) is 0 Å². The smallest absolute Gasteiger partial charge is 0.0348 e. The van der Waals surface area contributed by atoms with Crippen LogP contribution in [0.3, 0.4) is 0 Å². The molecule has 0 amide bonds. The quantitative estimate of drug-likeness (QED) is 0.317. The Morgan fingerprint density at radius 1 is 1.38 bits per heavy atom. The molecule has 0 spiro atoms. The van der Waals surface area contributed by atoms with Gasteiger partial charge in [-0.05, 0) is 35.7 Å². The van der Waals surface area contributed by atoms with E-state index < -0.39 is 0 Å². The van der Waals surface area contributed by atoms with Crippen LogP contribution in [0, 0.1) is 0 Å². The SMILES string of the molecule is [N-]=[N+]=NCCc1cc(N)ccc1N. The average Bonchev–Trinajstić information content (AvgIpc) is 2.11. The van der Waals surface area contributed by atoms with Crippen LogP contribution >= 0.6 is 0 Å². The Morgan fingerprint density at radius 2 is 2.15 bits per heavy atom. The van der Waals surface area contributed by atoms with E-state index in [1.165, 1.54) is 0 Å². The molecule has 1 aromatic carbocycles. The minimum absolute atomic E-state index is 0.407. The minimum atomic E-state index is 0.407. The van der Waals surface area contributed by atoms with Gasteiger partial charge in [-0.2, -0.15) is 0 Å². The molecule has 13 heavy (non-hydrogen) atoms. The molecule has 0 heterocycles. The molecule has 68 valence electrons. The van der Waals surface area contributed by atoms with Crippen LogP contribution in [0.4, 0.5) is 11.4 Å². The third-order valence-corrected chi connectivity index (χ3v) is 1.71. The Balaban J connectivity index is 2.75. The first-order chi connectivity index (χ1) is 6.24. The summed E-state index contributed by atoms with van der Waals surface area (Å²) in [6.07, 6.45) is 0.626. The number of anilines is 2. The second kappa shape index (κ2) is 4.23. The van der Waals surface area contributed by atoms with E-state index in [-0.39, 0.29) is 0 Å². The highest BCUT2D eigenvalue weighted by molar-refractivity contribution is 5.55. The molecule has 0 fully saturated rings. The zero-order valence-electron chi connectivity index (χ0n) is 7.14. The average molecular weight is 177 g/mol. The predicted molar refractivity (Wildman–Crippen MR) is 53.0 cm³/mol. The van der Waals surface area contributed by atoms with E-state index in [4.69, 9.17) is 17.0 Å². The fraction of sp³-hybridized carbons (Fsp3) is 0.250. The van der Waals surface area contributed by atoms with Crippen LogP contribution in [0.5, 0.6) is 0 Å². The summed E-state index contributed by atoms with van der Waals surface area (Å²) in [5.74, 6) is 0. The van der Waals surface area contributed by atoms with Crippen LogP contribution in [-0.2, 0) is 6.42 Å². The highest BCUT2D eigenvalue weighted by atomic mass is 15.1. The molecular weight excluding hydrogens is 166 g/mol. The summed E-state index contributed by atoms with van der Waals surface area (Å²) in [6, 6.07) is 5.29. The van der Waals surface area contributed by atoms with E-state index in [0.717, 1.165) is 5.56 Å². The molecule has 5 heteroatoms. The van der Waals surface area contributed by atoms with Crippen LogP contribution in [0.1, 0.15) is 5.56 Å². The van der Waals surface area contributed by atoms with Crippen LogP contribution in [0.25, 0.3) is 10.4 Å². The van der Waals surface area contributed by atoms with Gasteiger partial charge in [0.15, 0.2) is 0 Å². The van der Waals surface area contributed by atoms with E-state index in [0.29, 0.717) is 24.3 Å². The molecule has 0 saturated heterocycles. The van der Waals surface area contributed by atoms with Crippen LogP contribution in [-0.4, -0.2) is 6.54 Å². The lowest BCUT2D eigenvalue weighted by atomic mass is 10.1. The van der Waals surface area contributed by atoms with Gasteiger partial charge >= 0.3 is 0 Å². The van der Waals surface area contributed by atoms with Gasteiger partial charge in [0, 0.05) is 22.8 Å². The summed E-state index contributed by atoms with van der Waals surface area (Å²) in [7, 11) is 0. The fourth-order valence-electron chi connectivity index (χ4n) is 1.06. The Morgan fingerprint density at radius 3 is 2.85 bits per heavy atom. The molecule has 0 unspecified atom stereocenters. The van der Waals surface area contributed by atoms with Crippen molar-refractivity contribution in [2.45, 2.75) is 6.42 Å². The standard InChI is InChI=1S/C8H11N5/c9-7-1-2-8(10)6(5-7)3-4-12-13-11/h1-2,5H,3-4,9-10H2. The number of rotatable bonds is 3. The van der Waals surface area contributed by atoms with Crippen molar-refractivity contribution >= 4 is 11.4 Å².